The Kier molecular flexibility index (Phi) is 4.74. The number of carbonyl (C=O) groups is 3. The number of carbonyl (C=O) groups excluding carboxylic acids is 3. The van der Waals surface area contributed by atoms with Gasteiger partial charge in [0.1, 0.15) is 5.82 Å². The minimum atomic E-state index is -0.421. The van der Waals surface area contributed by atoms with Crippen LogP contribution >= 0.6 is 0 Å². The number of imide groups is 1. The summed E-state index contributed by atoms with van der Waals surface area (Å²) in [4.78, 5) is 48.5. The lowest BCUT2D eigenvalue weighted by Crippen LogP contribution is -2.30. The van der Waals surface area contributed by atoms with E-state index in [-0.39, 0.29) is 5.91 Å². The zero-order valence-corrected chi connectivity index (χ0v) is 18.4. The van der Waals surface area contributed by atoms with Gasteiger partial charge in [0.05, 0.1) is 39.1 Å². The molecule has 35 heavy (non-hydrogen) atoms. The Bertz CT molecular complexity index is 1590. The predicted molar refractivity (Wildman–Crippen MR) is 134 cm³/mol. The molecule has 0 saturated carbocycles. The van der Waals surface area contributed by atoms with Crippen LogP contribution in [0.4, 0.5) is 11.4 Å². The second-order valence-electron chi connectivity index (χ2n) is 8.11. The lowest BCUT2D eigenvalue weighted by atomic mass is 10.1. The van der Waals surface area contributed by atoms with Gasteiger partial charge >= 0.3 is 0 Å². The molecule has 5 aromatic rings. The first-order valence-corrected chi connectivity index (χ1v) is 11.0. The number of anilines is 2. The van der Waals surface area contributed by atoms with Crippen LogP contribution in [-0.4, -0.2) is 27.7 Å². The molecule has 0 unspecified atom stereocenters. The highest BCUT2D eigenvalue weighted by molar-refractivity contribution is 6.35. The Balaban J connectivity index is 1.36. The predicted octanol–water partition coefficient (Wildman–Crippen LogP) is 5.28. The molecule has 1 aromatic heterocycles. The van der Waals surface area contributed by atoms with E-state index in [1.165, 1.54) is 0 Å². The van der Waals surface area contributed by atoms with Gasteiger partial charge in [-0.05, 0) is 42.5 Å². The maximum Gasteiger partial charge on any atom is 0.266 e. The van der Waals surface area contributed by atoms with Gasteiger partial charge in [-0.15, -0.1) is 0 Å². The Morgan fingerprint density at radius 1 is 0.714 bits per heavy atom. The molecule has 0 spiro atoms. The van der Waals surface area contributed by atoms with Crippen LogP contribution in [0.1, 0.15) is 31.1 Å². The Morgan fingerprint density at radius 3 is 2.06 bits per heavy atom. The van der Waals surface area contributed by atoms with E-state index in [0.717, 1.165) is 15.9 Å². The quantitative estimate of drug-likeness (QED) is 0.358. The van der Waals surface area contributed by atoms with E-state index in [9.17, 15) is 14.4 Å². The third-order valence-electron chi connectivity index (χ3n) is 6.00. The summed E-state index contributed by atoms with van der Waals surface area (Å²) in [5.74, 6) is -0.652. The van der Waals surface area contributed by atoms with Crippen molar-refractivity contribution in [2.45, 2.75) is 0 Å². The highest BCUT2D eigenvalue weighted by Gasteiger charge is 2.37. The maximum absolute atomic E-state index is 13.4. The first kappa shape index (κ1) is 20.6. The summed E-state index contributed by atoms with van der Waals surface area (Å²) in [6, 6.07) is 28.2. The summed E-state index contributed by atoms with van der Waals surface area (Å²) in [5.41, 5.74) is 4.06. The first-order valence-electron chi connectivity index (χ1n) is 11.0. The minimum Gasteiger partial charge on any atom is -0.338 e. The molecular formula is C28H18N4O3. The zero-order chi connectivity index (χ0) is 23.9. The molecule has 1 aliphatic rings. The van der Waals surface area contributed by atoms with Gasteiger partial charge in [-0.2, -0.15) is 0 Å². The molecule has 7 heteroatoms. The molecule has 0 atom stereocenters. The monoisotopic (exact) mass is 458 g/mol. The summed E-state index contributed by atoms with van der Waals surface area (Å²) < 4.78 is 0. The molecule has 2 heterocycles. The van der Waals surface area contributed by atoms with E-state index in [4.69, 9.17) is 0 Å². The van der Waals surface area contributed by atoms with E-state index in [1.54, 1.807) is 60.7 Å². The summed E-state index contributed by atoms with van der Waals surface area (Å²) >= 11 is 0. The topological polar surface area (TPSA) is 95.2 Å². The molecule has 4 aromatic carbocycles. The largest absolute Gasteiger partial charge is 0.338 e. The molecule has 0 radical (unpaired) electrons. The number of hydrogen-bond acceptors (Lipinski definition) is 4. The van der Waals surface area contributed by atoms with Gasteiger partial charge in [-0.1, -0.05) is 54.6 Å². The van der Waals surface area contributed by atoms with Gasteiger partial charge in [-0.3, -0.25) is 14.4 Å². The van der Waals surface area contributed by atoms with Crippen LogP contribution in [0.5, 0.6) is 0 Å². The number of rotatable bonds is 4. The Hall–Kier alpha value is -5.04. The number of aromatic nitrogens is 2. The number of nitrogens with one attached hydrogen (secondary N) is 2. The van der Waals surface area contributed by atoms with Crippen LogP contribution in [0.3, 0.4) is 0 Å². The minimum absolute atomic E-state index is 0.313. The molecule has 7 nitrogen and oxygen atoms in total. The number of H-pyrrole nitrogens is 1. The molecule has 3 amide bonds. The summed E-state index contributed by atoms with van der Waals surface area (Å²) in [7, 11) is 0. The highest BCUT2D eigenvalue weighted by atomic mass is 16.2. The van der Waals surface area contributed by atoms with Gasteiger partial charge in [0.2, 0.25) is 0 Å². The van der Waals surface area contributed by atoms with E-state index in [2.05, 4.69) is 15.3 Å². The summed E-state index contributed by atoms with van der Waals surface area (Å²) in [6.45, 7) is 0. The van der Waals surface area contributed by atoms with Gasteiger partial charge < -0.3 is 10.3 Å². The fraction of sp³-hybridized carbons (Fsp3) is 0. The number of benzene rings is 4. The van der Waals surface area contributed by atoms with Crippen molar-refractivity contribution in [2.24, 2.45) is 0 Å². The zero-order valence-electron chi connectivity index (χ0n) is 18.4. The van der Waals surface area contributed by atoms with Crippen LogP contribution in [0, 0.1) is 0 Å². The number of imidazole rings is 1. The van der Waals surface area contributed by atoms with Crippen LogP contribution in [0.15, 0.2) is 97.1 Å². The molecule has 1 aliphatic heterocycles. The van der Waals surface area contributed by atoms with Crippen molar-refractivity contribution >= 4 is 40.1 Å². The molecule has 0 fully saturated rings. The molecule has 0 saturated heterocycles. The van der Waals surface area contributed by atoms with Crippen molar-refractivity contribution in [1.29, 1.82) is 0 Å². The summed E-state index contributed by atoms with van der Waals surface area (Å²) in [5, 5.41) is 2.89. The van der Waals surface area contributed by atoms with Crippen LogP contribution < -0.4 is 10.2 Å². The van der Waals surface area contributed by atoms with Crippen molar-refractivity contribution in [3.63, 3.8) is 0 Å². The molecule has 168 valence electrons. The molecule has 2 N–H and O–H groups in total. The van der Waals surface area contributed by atoms with Crippen molar-refractivity contribution in [2.75, 3.05) is 10.2 Å². The number of amides is 3. The summed E-state index contributed by atoms with van der Waals surface area (Å²) in [6.07, 6.45) is 0. The molecule has 6 rings (SSSR count). The van der Waals surface area contributed by atoms with E-state index < -0.39 is 11.8 Å². The maximum atomic E-state index is 13.4. The lowest BCUT2D eigenvalue weighted by molar-refractivity contribution is 0.0924. The second-order valence-corrected chi connectivity index (χ2v) is 8.11. The van der Waals surface area contributed by atoms with Crippen LogP contribution in [0.2, 0.25) is 0 Å². The number of aromatic amines is 1. The van der Waals surface area contributed by atoms with Gasteiger partial charge in [0.25, 0.3) is 17.7 Å². The van der Waals surface area contributed by atoms with E-state index in [0.29, 0.717) is 39.5 Å². The average Bonchev–Trinajstić information content (AvgIpc) is 3.44. The fourth-order valence-electron chi connectivity index (χ4n) is 4.34. The van der Waals surface area contributed by atoms with E-state index in [1.807, 2.05) is 36.4 Å². The SMILES string of the molecule is O=C(Nc1ccccc1N1C(=O)c2ccccc2C1=O)c1ccccc1-c1nc2ccccc2[nH]1. The van der Waals surface area contributed by atoms with Gasteiger partial charge in [0, 0.05) is 5.56 Å². The normalized spacial score (nSPS) is 12.7. The molecule has 0 aliphatic carbocycles. The van der Waals surface area contributed by atoms with Crippen molar-refractivity contribution < 1.29 is 14.4 Å². The smallest absolute Gasteiger partial charge is 0.266 e. The highest BCUT2D eigenvalue weighted by Crippen LogP contribution is 2.34. The Labute approximate surface area is 200 Å². The van der Waals surface area contributed by atoms with Gasteiger partial charge in [0.15, 0.2) is 0 Å². The number of hydrogen-bond donors (Lipinski definition) is 2. The number of fused-ring (bicyclic) bond motifs is 2. The molecule has 0 bridgehead atoms. The van der Waals surface area contributed by atoms with Gasteiger partial charge in [-0.25, -0.2) is 9.88 Å². The van der Waals surface area contributed by atoms with Crippen LogP contribution in [-0.2, 0) is 0 Å². The first-order chi connectivity index (χ1) is 17.1. The Morgan fingerprint density at radius 2 is 1.31 bits per heavy atom. The number of nitrogens with zero attached hydrogens (tertiary/aromatic N) is 2. The second kappa shape index (κ2) is 8.07. The number of para-hydroxylation sites is 4. The third kappa shape index (κ3) is 3.38. The standard InChI is InChI=1S/C28H18N4O3/c33-26(18-10-2-1-9-17(18)25-29-21-13-5-6-14-22(21)30-25)31-23-15-7-8-16-24(23)32-27(34)19-11-3-4-12-20(19)28(32)35/h1-16H,(H,29,30)(H,31,33). The van der Waals surface area contributed by atoms with Crippen molar-refractivity contribution in [1.82, 2.24) is 9.97 Å². The van der Waals surface area contributed by atoms with Crippen molar-refractivity contribution in [3.05, 3.63) is 114 Å². The lowest BCUT2D eigenvalue weighted by Gasteiger charge is -2.19. The van der Waals surface area contributed by atoms with Crippen LogP contribution in [0.25, 0.3) is 22.4 Å². The van der Waals surface area contributed by atoms with E-state index >= 15 is 0 Å². The fourth-order valence-corrected chi connectivity index (χ4v) is 4.34. The molecular weight excluding hydrogens is 440 g/mol. The third-order valence-corrected chi connectivity index (χ3v) is 6.00. The average molecular weight is 458 g/mol. The van der Waals surface area contributed by atoms with Crippen molar-refractivity contribution in [3.8, 4) is 11.4 Å².